The van der Waals surface area contributed by atoms with E-state index in [1.54, 1.807) is 24.6 Å². The van der Waals surface area contributed by atoms with E-state index in [0.717, 1.165) is 32.8 Å². The fraction of sp³-hybridized carbons (Fsp3) is 0.100. The van der Waals surface area contributed by atoms with Crippen LogP contribution in [0.4, 0.5) is 0 Å². The molecule has 26 heavy (non-hydrogen) atoms. The van der Waals surface area contributed by atoms with Crippen LogP contribution < -0.4 is 10.1 Å². The average Bonchev–Trinajstić information content (AvgIpc) is 3.35. The van der Waals surface area contributed by atoms with Crippen LogP contribution >= 0.6 is 11.3 Å². The van der Waals surface area contributed by atoms with Gasteiger partial charge in [-0.15, -0.1) is 11.3 Å². The number of amides is 1. The van der Waals surface area contributed by atoms with Crippen LogP contribution in [-0.2, 0) is 6.54 Å². The Kier molecular flexibility index (Phi) is 4.41. The molecule has 6 heteroatoms. The van der Waals surface area contributed by atoms with Gasteiger partial charge in [0.2, 0.25) is 0 Å². The number of fused-ring (bicyclic) bond motifs is 1. The molecule has 0 saturated carbocycles. The van der Waals surface area contributed by atoms with Gasteiger partial charge in [-0.2, -0.15) is 0 Å². The minimum atomic E-state index is -0.152. The summed E-state index contributed by atoms with van der Waals surface area (Å²) in [5.41, 5.74) is 3.29. The zero-order valence-corrected chi connectivity index (χ0v) is 15.0. The van der Waals surface area contributed by atoms with Gasteiger partial charge in [-0.25, -0.2) is 0 Å². The number of aromatic amines is 1. The summed E-state index contributed by atoms with van der Waals surface area (Å²) in [6.07, 6.45) is 1.77. The summed E-state index contributed by atoms with van der Waals surface area (Å²) in [6.45, 7) is 0.415. The molecule has 0 bridgehead atoms. The van der Waals surface area contributed by atoms with Crippen molar-refractivity contribution in [3.63, 3.8) is 0 Å². The molecule has 0 aliphatic heterocycles. The lowest BCUT2D eigenvalue weighted by molar-refractivity contribution is 0.0947. The highest BCUT2D eigenvalue weighted by Crippen LogP contribution is 2.26. The molecule has 0 saturated heterocycles. The molecule has 4 aromatic rings. The van der Waals surface area contributed by atoms with Crippen molar-refractivity contribution in [2.75, 3.05) is 7.11 Å². The zero-order chi connectivity index (χ0) is 17.9. The van der Waals surface area contributed by atoms with Crippen molar-refractivity contribution in [2.24, 2.45) is 0 Å². The zero-order valence-electron chi connectivity index (χ0n) is 14.2. The topological polar surface area (TPSA) is 67.0 Å². The van der Waals surface area contributed by atoms with Gasteiger partial charge < -0.3 is 15.0 Å². The van der Waals surface area contributed by atoms with Crippen LogP contribution in [0.5, 0.6) is 5.75 Å². The number of carbonyl (C=O) groups excluding carboxylic acids is 1. The number of carbonyl (C=O) groups is 1. The Morgan fingerprint density at radius 1 is 1.23 bits per heavy atom. The SMILES string of the molecule is COc1ccc2cc(C(=O)NCc3cccnc3-c3cccs3)[nH]c2c1. The van der Waals surface area contributed by atoms with Gasteiger partial charge in [-0.3, -0.25) is 9.78 Å². The molecule has 0 unspecified atom stereocenters. The summed E-state index contributed by atoms with van der Waals surface area (Å²) >= 11 is 1.63. The van der Waals surface area contributed by atoms with Crippen molar-refractivity contribution in [2.45, 2.75) is 6.54 Å². The molecule has 3 heterocycles. The highest BCUT2D eigenvalue weighted by Gasteiger charge is 2.12. The molecule has 0 atom stereocenters. The fourth-order valence-corrected chi connectivity index (χ4v) is 3.60. The number of thiophene rings is 1. The second kappa shape index (κ2) is 7.01. The average molecular weight is 363 g/mol. The lowest BCUT2D eigenvalue weighted by Crippen LogP contribution is -2.23. The van der Waals surface area contributed by atoms with Crippen LogP contribution in [-0.4, -0.2) is 23.0 Å². The van der Waals surface area contributed by atoms with E-state index in [1.807, 2.05) is 53.9 Å². The highest BCUT2D eigenvalue weighted by molar-refractivity contribution is 7.13. The molecule has 1 amide bonds. The van der Waals surface area contributed by atoms with Gasteiger partial charge >= 0.3 is 0 Å². The van der Waals surface area contributed by atoms with Gasteiger partial charge in [0.05, 0.1) is 17.7 Å². The molecule has 0 fully saturated rings. The molecule has 0 spiro atoms. The number of aromatic nitrogens is 2. The van der Waals surface area contributed by atoms with Gasteiger partial charge in [0.15, 0.2) is 0 Å². The third-order valence-electron chi connectivity index (χ3n) is 4.16. The Hall–Kier alpha value is -3.12. The maximum atomic E-state index is 12.5. The Labute approximate surface area is 154 Å². The van der Waals surface area contributed by atoms with Gasteiger partial charge in [-0.1, -0.05) is 12.1 Å². The number of ether oxygens (including phenoxy) is 1. The van der Waals surface area contributed by atoms with Crippen LogP contribution in [0.1, 0.15) is 16.1 Å². The molecule has 130 valence electrons. The van der Waals surface area contributed by atoms with E-state index in [9.17, 15) is 4.79 Å². The Bertz CT molecular complexity index is 1050. The summed E-state index contributed by atoms with van der Waals surface area (Å²) in [5, 5.41) is 5.96. The number of nitrogens with one attached hydrogen (secondary N) is 2. The Balaban J connectivity index is 1.53. The number of nitrogens with zero attached hydrogens (tertiary/aromatic N) is 1. The number of pyridine rings is 1. The normalized spacial score (nSPS) is 10.8. The summed E-state index contributed by atoms with van der Waals surface area (Å²) in [6, 6.07) is 15.4. The highest BCUT2D eigenvalue weighted by atomic mass is 32.1. The molecule has 4 rings (SSSR count). The number of H-pyrrole nitrogens is 1. The van der Waals surface area contributed by atoms with Crippen LogP contribution in [0.3, 0.4) is 0 Å². The quantitative estimate of drug-likeness (QED) is 0.558. The predicted octanol–water partition coefficient (Wildman–Crippen LogP) is 4.23. The molecule has 3 aromatic heterocycles. The van der Waals surface area contributed by atoms with Crippen molar-refractivity contribution in [1.29, 1.82) is 0 Å². The summed E-state index contributed by atoms with van der Waals surface area (Å²) < 4.78 is 5.22. The largest absolute Gasteiger partial charge is 0.497 e. The number of methoxy groups -OCH3 is 1. The smallest absolute Gasteiger partial charge is 0.267 e. The minimum Gasteiger partial charge on any atom is -0.497 e. The van der Waals surface area contributed by atoms with Crippen LogP contribution in [0.15, 0.2) is 60.1 Å². The third kappa shape index (κ3) is 3.19. The lowest BCUT2D eigenvalue weighted by Gasteiger charge is -2.08. The van der Waals surface area contributed by atoms with Crippen molar-refractivity contribution >= 4 is 28.1 Å². The monoisotopic (exact) mass is 363 g/mol. The lowest BCUT2D eigenvalue weighted by atomic mass is 10.1. The fourth-order valence-electron chi connectivity index (χ4n) is 2.84. The number of hydrogen-bond donors (Lipinski definition) is 2. The summed E-state index contributed by atoms with van der Waals surface area (Å²) in [7, 11) is 1.62. The maximum absolute atomic E-state index is 12.5. The van der Waals surface area contributed by atoms with Crippen LogP contribution in [0.25, 0.3) is 21.5 Å². The minimum absolute atomic E-state index is 0.152. The molecule has 5 nitrogen and oxygen atoms in total. The standard InChI is InChI=1S/C20H17N3O2S/c1-25-15-7-6-13-10-17(23-16(13)11-15)20(24)22-12-14-4-2-8-21-19(14)18-5-3-9-26-18/h2-11,23H,12H2,1H3,(H,22,24). The first-order valence-electron chi connectivity index (χ1n) is 8.17. The first-order valence-corrected chi connectivity index (χ1v) is 9.05. The van der Waals surface area contributed by atoms with Gasteiger partial charge in [0.25, 0.3) is 5.91 Å². The molecule has 0 aliphatic carbocycles. The molecule has 1 aromatic carbocycles. The van der Waals surface area contributed by atoms with Crippen molar-refractivity contribution in [3.8, 4) is 16.3 Å². The first-order chi connectivity index (χ1) is 12.7. The molecular formula is C20H17N3O2S. The third-order valence-corrected chi connectivity index (χ3v) is 5.04. The maximum Gasteiger partial charge on any atom is 0.267 e. The van der Waals surface area contributed by atoms with E-state index in [2.05, 4.69) is 15.3 Å². The second-order valence-corrected chi connectivity index (χ2v) is 6.75. The van der Waals surface area contributed by atoms with Gasteiger partial charge in [0.1, 0.15) is 11.4 Å². The molecule has 0 radical (unpaired) electrons. The summed E-state index contributed by atoms with van der Waals surface area (Å²) in [5.74, 6) is 0.600. The van der Waals surface area contributed by atoms with Gasteiger partial charge in [-0.05, 0) is 41.3 Å². The van der Waals surface area contributed by atoms with Crippen molar-refractivity contribution in [1.82, 2.24) is 15.3 Å². The van der Waals surface area contributed by atoms with Crippen molar-refractivity contribution < 1.29 is 9.53 Å². The number of rotatable bonds is 5. The van der Waals surface area contributed by atoms with E-state index < -0.39 is 0 Å². The second-order valence-electron chi connectivity index (χ2n) is 5.81. The van der Waals surface area contributed by atoms with Crippen molar-refractivity contribution in [3.05, 3.63) is 71.4 Å². The van der Waals surface area contributed by atoms with Crippen LogP contribution in [0.2, 0.25) is 0 Å². The van der Waals surface area contributed by atoms with E-state index in [-0.39, 0.29) is 5.91 Å². The predicted molar refractivity (Wildman–Crippen MR) is 104 cm³/mol. The molecular weight excluding hydrogens is 346 g/mol. The van der Waals surface area contributed by atoms with E-state index in [4.69, 9.17) is 4.74 Å². The Morgan fingerprint density at radius 2 is 2.15 bits per heavy atom. The summed E-state index contributed by atoms with van der Waals surface area (Å²) in [4.78, 5) is 21.2. The van der Waals surface area contributed by atoms with E-state index in [1.165, 1.54) is 0 Å². The Morgan fingerprint density at radius 3 is 2.96 bits per heavy atom. The number of benzene rings is 1. The molecule has 0 aliphatic rings. The van der Waals surface area contributed by atoms with Crippen LogP contribution in [0, 0.1) is 0 Å². The molecule has 2 N–H and O–H groups in total. The van der Waals surface area contributed by atoms with E-state index in [0.29, 0.717) is 12.2 Å². The number of hydrogen-bond acceptors (Lipinski definition) is 4. The first kappa shape index (κ1) is 16.4. The van der Waals surface area contributed by atoms with E-state index >= 15 is 0 Å². The van der Waals surface area contributed by atoms with Gasteiger partial charge in [0, 0.05) is 29.7 Å².